The average molecular weight is 560 g/mol. The van der Waals surface area contributed by atoms with Gasteiger partial charge in [-0.1, -0.05) is 36.4 Å². The molecule has 8 nitrogen and oxygen atoms in total. The van der Waals surface area contributed by atoms with Crippen molar-refractivity contribution >= 4 is 40.9 Å². The second kappa shape index (κ2) is 12.3. The predicted octanol–water partition coefficient (Wildman–Crippen LogP) is 5.33. The number of anilines is 2. The van der Waals surface area contributed by atoms with E-state index >= 15 is 0 Å². The SMILES string of the molecule is Cc1ccccc1C(=O)Nc1ccc(C(=O)N2CCCC(OCC(=O)[N+]3([O-])CCSCC3)c3ccccc32)cc1. The van der Waals surface area contributed by atoms with Gasteiger partial charge in [-0.2, -0.15) is 11.8 Å². The first kappa shape index (κ1) is 28.0. The highest BCUT2D eigenvalue weighted by molar-refractivity contribution is 7.99. The third kappa shape index (κ3) is 6.13. The van der Waals surface area contributed by atoms with Crippen molar-refractivity contribution in [1.82, 2.24) is 0 Å². The lowest BCUT2D eigenvalue weighted by atomic mass is 10.0. The fourth-order valence-electron chi connectivity index (χ4n) is 5.16. The van der Waals surface area contributed by atoms with E-state index in [1.807, 2.05) is 49.4 Å². The number of fused-ring (bicyclic) bond motifs is 1. The molecule has 2 aliphatic heterocycles. The van der Waals surface area contributed by atoms with Crippen molar-refractivity contribution in [2.45, 2.75) is 25.9 Å². The summed E-state index contributed by atoms with van der Waals surface area (Å²) in [6, 6.07) is 21.8. The molecule has 0 saturated carbocycles. The summed E-state index contributed by atoms with van der Waals surface area (Å²) in [5.74, 6) is 0.560. The van der Waals surface area contributed by atoms with Crippen LogP contribution >= 0.6 is 11.8 Å². The number of hydrogen-bond donors (Lipinski definition) is 1. The molecule has 1 unspecified atom stereocenters. The highest BCUT2D eigenvalue weighted by atomic mass is 32.2. The van der Waals surface area contributed by atoms with Crippen molar-refractivity contribution < 1.29 is 23.8 Å². The van der Waals surface area contributed by atoms with Crippen LogP contribution in [0.1, 0.15) is 50.8 Å². The van der Waals surface area contributed by atoms with Gasteiger partial charge in [-0.05, 0) is 61.7 Å². The fraction of sp³-hybridized carbons (Fsp3) is 0.323. The van der Waals surface area contributed by atoms with Gasteiger partial charge in [-0.15, -0.1) is 0 Å². The molecule has 0 radical (unpaired) electrons. The highest BCUT2D eigenvalue weighted by Gasteiger charge is 2.32. The zero-order chi connectivity index (χ0) is 28.1. The van der Waals surface area contributed by atoms with Gasteiger partial charge in [0, 0.05) is 46.1 Å². The van der Waals surface area contributed by atoms with Gasteiger partial charge >= 0.3 is 5.91 Å². The van der Waals surface area contributed by atoms with Crippen LogP contribution in [0, 0.1) is 12.1 Å². The molecule has 0 spiro atoms. The van der Waals surface area contributed by atoms with Crippen LogP contribution in [0.3, 0.4) is 0 Å². The van der Waals surface area contributed by atoms with Crippen LogP contribution in [0.15, 0.2) is 72.8 Å². The Hall–Kier alpha value is -3.50. The van der Waals surface area contributed by atoms with Gasteiger partial charge in [0.15, 0.2) is 6.61 Å². The number of carbonyl (C=O) groups is 3. The molecule has 3 amide bonds. The summed E-state index contributed by atoms with van der Waals surface area (Å²) < 4.78 is 5.22. The van der Waals surface area contributed by atoms with Crippen LogP contribution < -0.4 is 10.2 Å². The standard InChI is InChI=1S/C31H33N3O5S/c1-22-7-2-3-8-25(22)30(36)32-24-14-12-23(13-15-24)31(37)33-16-6-11-28(26-9-4-5-10-27(26)33)39-21-29(35)34(38)17-19-40-20-18-34/h2-5,7-10,12-15,28H,6,11,16-21H2,1H3,(H,32,36). The van der Waals surface area contributed by atoms with Crippen molar-refractivity contribution in [3.8, 4) is 0 Å². The molecular formula is C31H33N3O5S. The molecule has 1 N–H and O–H groups in total. The lowest BCUT2D eigenvalue weighted by Crippen LogP contribution is -2.54. The topological polar surface area (TPSA) is 98.8 Å². The molecule has 2 aliphatic rings. The molecular weight excluding hydrogens is 526 g/mol. The summed E-state index contributed by atoms with van der Waals surface area (Å²) in [7, 11) is 0. The first-order valence-electron chi connectivity index (χ1n) is 13.5. The molecule has 0 aromatic heterocycles. The lowest BCUT2D eigenvalue weighted by Gasteiger charge is -2.42. The summed E-state index contributed by atoms with van der Waals surface area (Å²) >= 11 is 1.69. The van der Waals surface area contributed by atoms with E-state index in [9.17, 15) is 19.6 Å². The number of nitrogens with zero attached hydrogens (tertiary/aromatic N) is 2. The van der Waals surface area contributed by atoms with Gasteiger partial charge in [0.25, 0.3) is 11.8 Å². The zero-order valence-electron chi connectivity index (χ0n) is 22.5. The number of thioether (sulfide) groups is 1. The Morgan fingerprint density at radius 2 is 1.70 bits per heavy atom. The Kier molecular flexibility index (Phi) is 8.66. The van der Waals surface area contributed by atoms with Crippen molar-refractivity contribution in [2.24, 2.45) is 0 Å². The third-order valence-corrected chi connectivity index (χ3v) is 8.45. The maximum Gasteiger partial charge on any atom is 0.339 e. The van der Waals surface area contributed by atoms with E-state index in [-0.39, 0.29) is 37.6 Å². The predicted molar refractivity (Wildman–Crippen MR) is 157 cm³/mol. The minimum atomic E-state index is -0.826. The van der Waals surface area contributed by atoms with E-state index < -0.39 is 10.6 Å². The largest absolute Gasteiger partial charge is 0.625 e. The minimum absolute atomic E-state index is 0.157. The van der Waals surface area contributed by atoms with Crippen LogP contribution in [0.2, 0.25) is 0 Å². The summed E-state index contributed by atoms with van der Waals surface area (Å²) in [4.78, 5) is 40.8. The number of benzene rings is 3. The Bertz CT molecular complexity index is 1390. The second-order valence-electron chi connectivity index (χ2n) is 10.1. The first-order valence-corrected chi connectivity index (χ1v) is 14.7. The van der Waals surface area contributed by atoms with E-state index in [0.29, 0.717) is 47.7 Å². The number of para-hydroxylation sites is 1. The number of rotatable bonds is 6. The van der Waals surface area contributed by atoms with Gasteiger partial charge in [-0.3, -0.25) is 14.2 Å². The van der Waals surface area contributed by atoms with Crippen molar-refractivity contribution in [3.63, 3.8) is 0 Å². The lowest BCUT2D eigenvalue weighted by molar-refractivity contribution is -0.800. The molecule has 2 heterocycles. The summed E-state index contributed by atoms with van der Waals surface area (Å²) in [6.45, 7) is 2.71. The Morgan fingerprint density at radius 1 is 1.00 bits per heavy atom. The summed E-state index contributed by atoms with van der Waals surface area (Å²) in [5.41, 5.74) is 4.15. The quantitative estimate of drug-likeness (QED) is 0.324. The molecule has 40 heavy (non-hydrogen) atoms. The molecule has 9 heteroatoms. The summed E-state index contributed by atoms with van der Waals surface area (Å²) in [6.07, 6.45) is 0.924. The van der Waals surface area contributed by atoms with Crippen molar-refractivity contribution in [3.05, 3.63) is 100 Å². The van der Waals surface area contributed by atoms with Gasteiger partial charge < -0.3 is 20.2 Å². The smallest absolute Gasteiger partial charge is 0.339 e. The fourth-order valence-corrected chi connectivity index (χ4v) is 6.21. The third-order valence-electron chi connectivity index (χ3n) is 7.50. The number of amides is 3. The van der Waals surface area contributed by atoms with E-state index in [1.54, 1.807) is 47.0 Å². The number of hydrogen-bond acceptors (Lipinski definition) is 6. The van der Waals surface area contributed by atoms with Gasteiger partial charge in [0.2, 0.25) is 0 Å². The van der Waals surface area contributed by atoms with Crippen LogP contribution in [-0.4, -0.2) is 60.1 Å². The van der Waals surface area contributed by atoms with Crippen LogP contribution in [0.5, 0.6) is 0 Å². The first-order chi connectivity index (χ1) is 19.4. The molecule has 0 aliphatic carbocycles. The molecule has 1 fully saturated rings. The number of carbonyl (C=O) groups excluding carboxylic acids is 3. The van der Waals surface area contributed by atoms with E-state index in [0.717, 1.165) is 16.8 Å². The molecule has 5 rings (SSSR count). The monoisotopic (exact) mass is 559 g/mol. The molecule has 208 valence electrons. The van der Waals surface area contributed by atoms with Gasteiger partial charge in [-0.25, -0.2) is 4.79 Å². The molecule has 0 bridgehead atoms. The Labute approximate surface area is 238 Å². The maximum absolute atomic E-state index is 13.6. The average Bonchev–Trinajstić information content (AvgIpc) is 3.16. The van der Waals surface area contributed by atoms with E-state index in [2.05, 4.69) is 5.32 Å². The Balaban J connectivity index is 1.28. The molecule has 1 saturated heterocycles. The maximum atomic E-state index is 13.6. The number of hydroxylamine groups is 3. The van der Waals surface area contributed by atoms with E-state index in [1.165, 1.54) is 0 Å². The number of nitrogens with one attached hydrogen (secondary N) is 1. The van der Waals surface area contributed by atoms with Gasteiger partial charge in [0.1, 0.15) is 0 Å². The van der Waals surface area contributed by atoms with Crippen molar-refractivity contribution in [2.75, 3.05) is 48.0 Å². The second-order valence-corrected chi connectivity index (χ2v) is 11.4. The zero-order valence-corrected chi connectivity index (χ0v) is 23.3. The van der Waals surface area contributed by atoms with Crippen molar-refractivity contribution in [1.29, 1.82) is 0 Å². The van der Waals surface area contributed by atoms with Crippen LogP contribution in [0.4, 0.5) is 11.4 Å². The number of aryl methyl sites for hydroxylation is 1. The Morgan fingerprint density at radius 3 is 2.45 bits per heavy atom. The number of ether oxygens (including phenoxy) is 1. The van der Waals surface area contributed by atoms with E-state index in [4.69, 9.17) is 4.74 Å². The molecule has 3 aromatic carbocycles. The van der Waals surface area contributed by atoms with Crippen LogP contribution in [0.25, 0.3) is 0 Å². The minimum Gasteiger partial charge on any atom is -0.625 e. The summed E-state index contributed by atoms with van der Waals surface area (Å²) in [5, 5.41) is 15.8. The number of quaternary nitrogens is 1. The molecule has 3 aromatic rings. The normalized spacial score (nSPS) is 18.4. The highest BCUT2D eigenvalue weighted by Crippen LogP contribution is 2.36. The van der Waals surface area contributed by atoms with Gasteiger partial charge in [0.05, 0.1) is 19.2 Å². The molecule has 1 atom stereocenters. The van der Waals surface area contributed by atoms with Crippen LogP contribution in [-0.2, 0) is 9.53 Å².